The van der Waals surface area contributed by atoms with E-state index in [1.165, 1.54) is 0 Å². The molecule has 0 aliphatic rings. The standard InChI is InChI=1S/C9H11N5S2/c1-3-4-14-9(11-12-13-14)16-6-8-5-15-7(2)10-8/h3,5H,1,4,6H2,2H3. The lowest BCUT2D eigenvalue weighted by Gasteiger charge is -1.98. The molecule has 0 atom stereocenters. The number of hydrogen-bond donors (Lipinski definition) is 0. The summed E-state index contributed by atoms with van der Waals surface area (Å²) in [5.41, 5.74) is 1.07. The van der Waals surface area contributed by atoms with Crippen LogP contribution in [-0.4, -0.2) is 25.2 Å². The molecule has 0 N–H and O–H groups in total. The number of aromatic nitrogens is 5. The molecule has 0 saturated carbocycles. The number of nitrogens with zero attached hydrogens (tertiary/aromatic N) is 5. The van der Waals surface area contributed by atoms with Gasteiger partial charge in [-0.1, -0.05) is 17.8 Å². The molecule has 2 aromatic rings. The van der Waals surface area contributed by atoms with Crippen LogP contribution in [0.15, 0.2) is 23.2 Å². The summed E-state index contributed by atoms with van der Waals surface area (Å²) in [5, 5.41) is 15.4. The lowest BCUT2D eigenvalue weighted by atomic mass is 10.6. The number of rotatable bonds is 5. The van der Waals surface area contributed by atoms with E-state index >= 15 is 0 Å². The molecule has 84 valence electrons. The molecule has 0 saturated heterocycles. The average molecular weight is 253 g/mol. The van der Waals surface area contributed by atoms with Crippen molar-refractivity contribution in [2.45, 2.75) is 24.4 Å². The molecule has 0 aliphatic carbocycles. The fourth-order valence-corrected chi connectivity index (χ4v) is 2.65. The van der Waals surface area contributed by atoms with Crippen LogP contribution >= 0.6 is 23.1 Å². The van der Waals surface area contributed by atoms with Gasteiger partial charge >= 0.3 is 0 Å². The topological polar surface area (TPSA) is 56.5 Å². The predicted octanol–water partition coefficient (Wildman–Crippen LogP) is 1.92. The van der Waals surface area contributed by atoms with E-state index in [0.29, 0.717) is 6.54 Å². The summed E-state index contributed by atoms with van der Waals surface area (Å²) >= 11 is 3.24. The molecule has 2 heterocycles. The highest BCUT2D eigenvalue weighted by Crippen LogP contribution is 2.20. The highest BCUT2D eigenvalue weighted by Gasteiger charge is 2.06. The summed E-state index contributed by atoms with van der Waals surface area (Å²) in [5.74, 6) is 0.794. The molecule has 0 fully saturated rings. The minimum atomic E-state index is 0.630. The molecule has 16 heavy (non-hydrogen) atoms. The van der Waals surface area contributed by atoms with Gasteiger partial charge in [-0.15, -0.1) is 23.0 Å². The first-order valence-corrected chi connectivity index (χ1v) is 6.57. The zero-order chi connectivity index (χ0) is 11.4. The van der Waals surface area contributed by atoms with Crippen LogP contribution in [-0.2, 0) is 12.3 Å². The zero-order valence-corrected chi connectivity index (χ0v) is 10.5. The molecule has 2 rings (SSSR count). The van der Waals surface area contributed by atoms with Gasteiger partial charge in [0.05, 0.1) is 17.2 Å². The van der Waals surface area contributed by atoms with Crippen molar-refractivity contribution < 1.29 is 0 Å². The van der Waals surface area contributed by atoms with E-state index in [1.807, 2.05) is 6.92 Å². The second-order valence-electron chi connectivity index (χ2n) is 3.08. The minimum absolute atomic E-state index is 0.630. The average Bonchev–Trinajstić information content (AvgIpc) is 2.85. The van der Waals surface area contributed by atoms with Gasteiger partial charge < -0.3 is 0 Å². The van der Waals surface area contributed by atoms with E-state index in [0.717, 1.165) is 21.6 Å². The molecule has 7 heteroatoms. The monoisotopic (exact) mass is 253 g/mol. The fraction of sp³-hybridized carbons (Fsp3) is 0.333. The highest BCUT2D eigenvalue weighted by atomic mass is 32.2. The van der Waals surface area contributed by atoms with E-state index in [2.05, 4.69) is 32.5 Å². The maximum atomic E-state index is 4.39. The van der Waals surface area contributed by atoms with E-state index in [-0.39, 0.29) is 0 Å². The Morgan fingerprint density at radius 3 is 3.19 bits per heavy atom. The predicted molar refractivity (Wildman–Crippen MR) is 64.4 cm³/mol. The summed E-state index contributed by atoms with van der Waals surface area (Å²) in [6, 6.07) is 0. The summed E-state index contributed by atoms with van der Waals surface area (Å²) in [6.07, 6.45) is 1.77. The number of allylic oxidation sites excluding steroid dienone is 1. The highest BCUT2D eigenvalue weighted by molar-refractivity contribution is 7.98. The minimum Gasteiger partial charge on any atom is -0.246 e. The van der Waals surface area contributed by atoms with Crippen LogP contribution < -0.4 is 0 Å². The Kier molecular flexibility index (Phi) is 3.68. The summed E-state index contributed by atoms with van der Waals surface area (Å²) in [4.78, 5) is 4.39. The van der Waals surface area contributed by atoms with Crippen molar-refractivity contribution in [3.63, 3.8) is 0 Å². The SMILES string of the molecule is C=CCn1nnnc1SCc1csc(C)n1. The number of thioether (sulfide) groups is 1. The molecule has 0 bridgehead atoms. The van der Waals surface area contributed by atoms with Gasteiger partial charge in [-0.3, -0.25) is 0 Å². The van der Waals surface area contributed by atoms with Gasteiger partial charge in [0, 0.05) is 11.1 Å². The molecule has 0 aromatic carbocycles. The van der Waals surface area contributed by atoms with Crippen molar-refractivity contribution in [1.82, 2.24) is 25.2 Å². The Hall–Kier alpha value is -1.21. The fourth-order valence-electron chi connectivity index (χ4n) is 1.15. The Morgan fingerprint density at radius 1 is 1.62 bits per heavy atom. The third-order valence-corrected chi connectivity index (χ3v) is 3.63. The first-order chi connectivity index (χ1) is 7.79. The van der Waals surface area contributed by atoms with Crippen LogP contribution in [0.4, 0.5) is 0 Å². The van der Waals surface area contributed by atoms with Crippen molar-refractivity contribution in [1.29, 1.82) is 0 Å². The van der Waals surface area contributed by atoms with E-state index in [1.54, 1.807) is 33.9 Å². The van der Waals surface area contributed by atoms with Crippen LogP contribution in [0.25, 0.3) is 0 Å². The molecule has 0 amide bonds. The Morgan fingerprint density at radius 2 is 2.50 bits per heavy atom. The normalized spacial score (nSPS) is 10.6. The third kappa shape index (κ3) is 2.67. The largest absolute Gasteiger partial charge is 0.246 e. The quantitative estimate of drug-likeness (QED) is 0.602. The van der Waals surface area contributed by atoms with Crippen molar-refractivity contribution in [2.75, 3.05) is 0 Å². The van der Waals surface area contributed by atoms with Crippen molar-refractivity contribution in [2.24, 2.45) is 0 Å². The molecule has 0 unspecified atom stereocenters. The van der Waals surface area contributed by atoms with Crippen molar-refractivity contribution in [3.8, 4) is 0 Å². The number of tetrazole rings is 1. The van der Waals surface area contributed by atoms with E-state index in [9.17, 15) is 0 Å². The van der Waals surface area contributed by atoms with Gasteiger partial charge in [0.1, 0.15) is 0 Å². The van der Waals surface area contributed by atoms with Crippen LogP contribution in [0.3, 0.4) is 0 Å². The van der Waals surface area contributed by atoms with Crippen LogP contribution in [0, 0.1) is 6.92 Å². The maximum Gasteiger partial charge on any atom is 0.209 e. The van der Waals surface area contributed by atoms with Crippen LogP contribution in [0.1, 0.15) is 10.7 Å². The third-order valence-electron chi connectivity index (χ3n) is 1.82. The van der Waals surface area contributed by atoms with Crippen LogP contribution in [0.5, 0.6) is 0 Å². The smallest absolute Gasteiger partial charge is 0.209 e. The van der Waals surface area contributed by atoms with Gasteiger partial charge in [-0.25, -0.2) is 9.67 Å². The van der Waals surface area contributed by atoms with Crippen LogP contribution in [0.2, 0.25) is 0 Å². The second-order valence-corrected chi connectivity index (χ2v) is 5.08. The number of thiazole rings is 1. The molecule has 5 nitrogen and oxygen atoms in total. The van der Waals surface area contributed by atoms with Gasteiger partial charge in [0.2, 0.25) is 5.16 Å². The van der Waals surface area contributed by atoms with Gasteiger partial charge in [-0.2, -0.15) is 0 Å². The maximum absolute atomic E-state index is 4.39. The Bertz CT molecular complexity index is 476. The Labute approximate surface area is 102 Å². The summed E-state index contributed by atoms with van der Waals surface area (Å²) < 4.78 is 1.72. The first kappa shape index (κ1) is 11.3. The summed E-state index contributed by atoms with van der Waals surface area (Å²) in [7, 11) is 0. The van der Waals surface area contributed by atoms with E-state index in [4.69, 9.17) is 0 Å². The van der Waals surface area contributed by atoms with Crippen molar-refractivity contribution >= 4 is 23.1 Å². The lowest BCUT2D eigenvalue weighted by Crippen LogP contribution is -1.99. The first-order valence-electron chi connectivity index (χ1n) is 4.70. The summed E-state index contributed by atoms with van der Waals surface area (Å²) in [6.45, 7) is 6.29. The zero-order valence-electron chi connectivity index (χ0n) is 8.83. The second kappa shape index (κ2) is 5.22. The molecular formula is C9H11N5S2. The van der Waals surface area contributed by atoms with E-state index < -0.39 is 0 Å². The lowest BCUT2D eigenvalue weighted by molar-refractivity contribution is 0.614. The molecule has 0 spiro atoms. The number of aryl methyl sites for hydroxylation is 1. The number of hydrogen-bond acceptors (Lipinski definition) is 6. The molecule has 2 aromatic heterocycles. The molecule has 0 aliphatic heterocycles. The van der Waals surface area contributed by atoms with Gasteiger partial charge in [-0.05, 0) is 17.4 Å². The molecular weight excluding hydrogens is 242 g/mol. The Balaban J connectivity index is 1.98. The van der Waals surface area contributed by atoms with Gasteiger partial charge in [0.25, 0.3) is 0 Å². The van der Waals surface area contributed by atoms with Crippen molar-refractivity contribution in [3.05, 3.63) is 28.7 Å². The molecule has 0 radical (unpaired) electrons. The van der Waals surface area contributed by atoms with Gasteiger partial charge in [0.15, 0.2) is 0 Å².